The Morgan fingerprint density at radius 2 is 1.96 bits per heavy atom. The van der Waals surface area contributed by atoms with Gasteiger partial charge in [0.25, 0.3) is 5.91 Å². The number of carbonyl (C=O) groups is 1. The second-order valence-corrected chi connectivity index (χ2v) is 13.9. The topological polar surface area (TPSA) is 38.3 Å². The summed E-state index contributed by atoms with van der Waals surface area (Å²) in [4.78, 5) is 12.9. The van der Waals surface area contributed by atoms with Crippen LogP contribution in [0.5, 0.6) is 0 Å². The van der Waals surface area contributed by atoms with E-state index in [-0.39, 0.29) is 10.9 Å². The molecule has 1 heterocycles. The number of nitrogens with one attached hydrogen (secondary N) is 1. The summed E-state index contributed by atoms with van der Waals surface area (Å²) >= 11 is 7.08. The van der Waals surface area contributed by atoms with E-state index in [2.05, 4.69) is 77.6 Å². The molecular weight excluding hydrogens is 438 g/mol. The van der Waals surface area contributed by atoms with Crippen molar-refractivity contribution in [3.63, 3.8) is 0 Å². The second-order valence-electron chi connectivity index (χ2n) is 7.45. The summed E-state index contributed by atoms with van der Waals surface area (Å²) in [6, 6.07) is 3.86. The molecule has 1 aliphatic heterocycles. The summed E-state index contributed by atoms with van der Waals surface area (Å²) < 4.78 is 8.43. The molecule has 0 fully saturated rings. The number of fused-ring (bicyclic) bond motifs is 1. The van der Waals surface area contributed by atoms with Gasteiger partial charge in [-0.25, -0.2) is 0 Å². The zero-order valence-electron chi connectivity index (χ0n) is 14.2. The minimum Gasteiger partial charge on any atom is -0.399 e. The van der Waals surface area contributed by atoms with Crippen molar-refractivity contribution >= 4 is 51.8 Å². The van der Waals surface area contributed by atoms with Gasteiger partial charge in [-0.1, -0.05) is 58.7 Å². The first-order valence-corrected chi connectivity index (χ1v) is 12.1. The maximum Gasteiger partial charge on any atom is 0.260 e. The number of halogens is 2. The number of amides is 1. The van der Waals surface area contributed by atoms with E-state index >= 15 is 0 Å². The molecule has 0 saturated carbocycles. The summed E-state index contributed by atoms with van der Waals surface area (Å²) in [6.07, 6.45) is 2.20. The second kappa shape index (κ2) is 6.13. The molecule has 1 unspecified atom stereocenters. The van der Waals surface area contributed by atoms with Gasteiger partial charge < -0.3 is 9.74 Å². The van der Waals surface area contributed by atoms with Gasteiger partial charge in [0.15, 0.2) is 13.9 Å². The number of benzene rings is 1. The van der Waals surface area contributed by atoms with Crippen LogP contribution in [0, 0.1) is 0 Å². The molecule has 0 saturated heterocycles. The van der Waals surface area contributed by atoms with E-state index in [4.69, 9.17) is 4.43 Å². The van der Waals surface area contributed by atoms with E-state index in [1.807, 2.05) is 12.1 Å². The van der Waals surface area contributed by atoms with Crippen molar-refractivity contribution in [2.24, 2.45) is 0 Å². The lowest BCUT2D eigenvalue weighted by Gasteiger charge is -2.43. The molecule has 6 heteroatoms. The third kappa shape index (κ3) is 3.23. The molecular formula is C17H23Br2NO2Si. The summed E-state index contributed by atoms with van der Waals surface area (Å²) in [6.45, 7) is 14.7. The molecule has 23 heavy (non-hydrogen) atoms. The van der Waals surface area contributed by atoms with Gasteiger partial charge in [-0.05, 0) is 30.3 Å². The fraction of sp³-hybridized carbons (Fsp3) is 0.471. The number of hydrogen-bond donors (Lipinski definition) is 1. The molecule has 3 nitrogen and oxygen atoms in total. The molecule has 1 aromatic carbocycles. The Hall–Kier alpha value is -0.433. The van der Waals surface area contributed by atoms with Crippen LogP contribution in [0.15, 0.2) is 33.7 Å². The van der Waals surface area contributed by atoms with Gasteiger partial charge in [-0.2, -0.15) is 0 Å². The Labute approximate surface area is 156 Å². The lowest BCUT2D eigenvalue weighted by Crippen LogP contribution is -2.51. The molecule has 0 aromatic heterocycles. The SMILES string of the molecule is C=CCC1(O[Si](C)(C)C(C)(C)C)C(=O)Nc2cc(Br)cc(Br)c21. The fourth-order valence-electron chi connectivity index (χ4n) is 2.55. The molecule has 0 spiro atoms. The average Bonchev–Trinajstić information content (AvgIpc) is 2.60. The predicted octanol–water partition coefficient (Wildman–Crippen LogP) is 5.96. The van der Waals surface area contributed by atoms with E-state index < -0.39 is 13.9 Å². The van der Waals surface area contributed by atoms with E-state index in [0.29, 0.717) is 6.42 Å². The predicted molar refractivity (Wildman–Crippen MR) is 105 cm³/mol. The van der Waals surface area contributed by atoms with Gasteiger partial charge in [-0.3, -0.25) is 4.79 Å². The largest absolute Gasteiger partial charge is 0.399 e. The van der Waals surface area contributed by atoms with E-state index in [9.17, 15) is 4.79 Å². The molecule has 1 aliphatic rings. The molecule has 1 atom stereocenters. The maximum absolute atomic E-state index is 12.9. The van der Waals surface area contributed by atoms with E-state index in [1.54, 1.807) is 6.08 Å². The van der Waals surface area contributed by atoms with Crippen molar-refractivity contribution in [3.05, 3.63) is 39.3 Å². The summed E-state index contributed by atoms with van der Waals surface area (Å²) in [5.74, 6) is -0.115. The highest BCUT2D eigenvalue weighted by atomic mass is 79.9. The minimum absolute atomic E-state index is 0.00600. The van der Waals surface area contributed by atoms with Gasteiger partial charge in [0.2, 0.25) is 0 Å². The van der Waals surface area contributed by atoms with Crippen LogP contribution >= 0.6 is 31.9 Å². The highest BCUT2D eigenvalue weighted by molar-refractivity contribution is 9.11. The number of rotatable bonds is 4. The van der Waals surface area contributed by atoms with Crippen LogP contribution < -0.4 is 5.32 Å². The normalized spacial score (nSPS) is 21.1. The zero-order chi connectivity index (χ0) is 17.6. The summed E-state index contributed by atoms with van der Waals surface area (Å²) in [5, 5.41) is 2.99. The maximum atomic E-state index is 12.9. The third-order valence-corrected chi connectivity index (χ3v) is 10.3. The van der Waals surface area contributed by atoms with Crippen molar-refractivity contribution in [2.45, 2.75) is 50.9 Å². The van der Waals surface area contributed by atoms with E-state index in [0.717, 1.165) is 20.2 Å². The molecule has 1 aromatic rings. The van der Waals surface area contributed by atoms with Gasteiger partial charge in [-0.15, -0.1) is 6.58 Å². The zero-order valence-corrected chi connectivity index (χ0v) is 18.4. The minimum atomic E-state index is -2.17. The number of anilines is 1. The van der Waals surface area contributed by atoms with Crippen molar-refractivity contribution in [3.8, 4) is 0 Å². The van der Waals surface area contributed by atoms with Crippen molar-refractivity contribution in [1.82, 2.24) is 0 Å². The summed E-state index contributed by atoms with van der Waals surface area (Å²) in [7, 11) is -2.17. The van der Waals surface area contributed by atoms with E-state index in [1.165, 1.54) is 0 Å². The summed E-state index contributed by atoms with van der Waals surface area (Å²) in [5.41, 5.74) is 0.645. The highest BCUT2D eigenvalue weighted by Crippen LogP contribution is 2.51. The van der Waals surface area contributed by atoms with Gasteiger partial charge in [0.05, 0.1) is 0 Å². The van der Waals surface area contributed by atoms with Crippen molar-refractivity contribution in [2.75, 3.05) is 5.32 Å². The van der Waals surface area contributed by atoms with Crippen LogP contribution in [0.25, 0.3) is 0 Å². The highest BCUT2D eigenvalue weighted by Gasteiger charge is 2.54. The Morgan fingerprint density at radius 1 is 1.35 bits per heavy atom. The first-order valence-electron chi connectivity index (χ1n) is 7.57. The van der Waals surface area contributed by atoms with Crippen LogP contribution in [0.2, 0.25) is 18.1 Å². The molecule has 0 radical (unpaired) electrons. The smallest absolute Gasteiger partial charge is 0.260 e. The number of hydrogen-bond acceptors (Lipinski definition) is 2. The lowest BCUT2D eigenvalue weighted by molar-refractivity contribution is -0.131. The quantitative estimate of drug-likeness (QED) is 0.444. The van der Waals surface area contributed by atoms with Gasteiger partial charge in [0.1, 0.15) is 0 Å². The average molecular weight is 461 g/mol. The molecule has 2 rings (SSSR count). The lowest BCUT2D eigenvalue weighted by atomic mass is 9.92. The van der Waals surface area contributed by atoms with Crippen molar-refractivity contribution < 1.29 is 9.22 Å². The number of carbonyl (C=O) groups excluding carboxylic acids is 1. The van der Waals surface area contributed by atoms with Crippen LogP contribution in [-0.2, 0) is 14.8 Å². The fourth-order valence-corrected chi connectivity index (χ4v) is 5.55. The van der Waals surface area contributed by atoms with Crippen LogP contribution in [0.4, 0.5) is 5.69 Å². The Kier molecular flexibility index (Phi) is 5.04. The molecule has 1 amide bonds. The first kappa shape index (κ1) is 18.9. The monoisotopic (exact) mass is 459 g/mol. The Morgan fingerprint density at radius 3 is 2.48 bits per heavy atom. The van der Waals surface area contributed by atoms with Gasteiger partial charge >= 0.3 is 0 Å². The van der Waals surface area contributed by atoms with Crippen LogP contribution in [0.3, 0.4) is 0 Å². The molecule has 0 aliphatic carbocycles. The molecule has 1 N–H and O–H groups in total. The Balaban J connectivity index is 2.64. The van der Waals surface area contributed by atoms with Crippen molar-refractivity contribution in [1.29, 1.82) is 0 Å². The van der Waals surface area contributed by atoms with Crippen LogP contribution in [0.1, 0.15) is 32.8 Å². The Bertz CT molecular complexity index is 667. The molecule has 0 bridgehead atoms. The standard InChI is InChI=1S/C17H23Br2NO2Si/c1-7-8-17(22-23(5,6)16(2,3)4)14-12(19)9-11(18)10-13(14)20-15(17)21/h7,9-10H,1,8H2,2-6H3,(H,20,21). The third-order valence-electron chi connectivity index (χ3n) is 4.74. The van der Waals surface area contributed by atoms with Crippen LogP contribution in [-0.4, -0.2) is 14.2 Å². The van der Waals surface area contributed by atoms with Gasteiger partial charge in [0, 0.05) is 26.6 Å². The first-order chi connectivity index (χ1) is 10.4. The molecule has 126 valence electrons.